The molecule has 10 heteroatoms. The van der Waals surface area contributed by atoms with E-state index in [0.29, 0.717) is 42.2 Å². The largest absolute Gasteiger partial charge is 0.383 e. The number of methoxy groups -OCH3 is 1. The molecule has 0 fully saturated rings. The first kappa shape index (κ1) is 23.6. The summed E-state index contributed by atoms with van der Waals surface area (Å²) in [5, 5.41) is 11.1. The molecular formula is C26H25FN6O3. The molecular weight excluding hydrogens is 463 g/mol. The standard InChI is InChI=1S/C26H25FN6O3/c1-15(14-36-2)29-26-28-11-17-12-33(13-23(17)30-26)25(35)20-9-16(7-8-21(20)27)10-22-18-5-3-4-6-19(18)24(34)32-31-22/h3-9,11,15H,10,12-14H2,1-2H3,(H,32,34)(H,28,29,30)/t15-/m1/s1. The van der Waals surface area contributed by atoms with Crippen LogP contribution in [0.3, 0.4) is 0 Å². The van der Waals surface area contributed by atoms with Crippen LogP contribution >= 0.6 is 0 Å². The van der Waals surface area contributed by atoms with Gasteiger partial charge in [-0.1, -0.05) is 24.3 Å². The Kier molecular flexibility index (Phi) is 6.43. The molecule has 0 bridgehead atoms. The van der Waals surface area contributed by atoms with Crippen molar-refractivity contribution in [3.63, 3.8) is 0 Å². The maximum atomic E-state index is 14.8. The molecule has 0 unspecified atom stereocenters. The molecule has 4 aromatic rings. The third-order valence-corrected chi connectivity index (χ3v) is 6.14. The molecule has 0 aliphatic carbocycles. The van der Waals surface area contributed by atoms with Crippen molar-refractivity contribution in [2.24, 2.45) is 0 Å². The van der Waals surface area contributed by atoms with Gasteiger partial charge in [0.05, 0.1) is 35.5 Å². The Morgan fingerprint density at radius 2 is 2.03 bits per heavy atom. The summed E-state index contributed by atoms with van der Waals surface area (Å²) in [6, 6.07) is 11.7. The molecule has 1 amide bonds. The van der Waals surface area contributed by atoms with Crippen molar-refractivity contribution in [3.8, 4) is 0 Å². The number of rotatable bonds is 7. The first-order valence-corrected chi connectivity index (χ1v) is 11.6. The maximum absolute atomic E-state index is 14.8. The van der Waals surface area contributed by atoms with Gasteiger partial charge in [0.15, 0.2) is 0 Å². The lowest BCUT2D eigenvalue weighted by molar-refractivity contribution is 0.0745. The van der Waals surface area contributed by atoms with E-state index in [1.807, 2.05) is 19.1 Å². The molecule has 0 radical (unpaired) electrons. The van der Waals surface area contributed by atoms with Gasteiger partial charge in [-0.05, 0) is 30.7 Å². The van der Waals surface area contributed by atoms with Crippen LogP contribution in [-0.4, -0.2) is 50.7 Å². The first-order valence-electron chi connectivity index (χ1n) is 11.6. The highest BCUT2D eigenvalue weighted by molar-refractivity contribution is 5.95. The molecule has 5 rings (SSSR count). The van der Waals surface area contributed by atoms with Gasteiger partial charge in [0.2, 0.25) is 5.95 Å². The fraction of sp³-hybridized carbons (Fsp3) is 0.269. The van der Waals surface area contributed by atoms with Gasteiger partial charge >= 0.3 is 0 Å². The Morgan fingerprint density at radius 1 is 1.22 bits per heavy atom. The number of anilines is 1. The summed E-state index contributed by atoms with van der Waals surface area (Å²) < 4.78 is 19.9. The number of fused-ring (bicyclic) bond motifs is 2. The molecule has 3 heterocycles. The lowest BCUT2D eigenvalue weighted by Crippen LogP contribution is -2.26. The highest BCUT2D eigenvalue weighted by atomic mass is 19.1. The minimum Gasteiger partial charge on any atom is -0.383 e. The van der Waals surface area contributed by atoms with Crippen LogP contribution < -0.4 is 10.9 Å². The van der Waals surface area contributed by atoms with E-state index >= 15 is 0 Å². The van der Waals surface area contributed by atoms with Gasteiger partial charge in [-0.3, -0.25) is 9.59 Å². The van der Waals surface area contributed by atoms with Crippen molar-refractivity contribution in [3.05, 3.63) is 92.9 Å². The molecule has 1 aliphatic rings. The number of hydrogen-bond acceptors (Lipinski definition) is 7. The Bertz CT molecular complexity index is 1510. The van der Waals surface area contributed by atoms with Gasteiger partial charge in [-0.15, -0.1) is 0 Å². The third-order valence-electron chi connectivity index (χ3n) is 6.14. The van der Waals surface area contributed by atoms with E-state index in [1.165, 1.54) is 6.07 Å². The van der Waals surface area contributed by atoms with Crippen LogP contribution in [0, 0.1) is 5.82 Å². The molecule has 2 N–H and O–H groups in total. The lowest BCUT2D eigenvalue weighted by atomic mass is 10.0. The molecule has 0 saturated carbocycles. The average molecular weight is 489 g/mol. The van der Waals surface area contributed by atoms with Crippen molar-refractivity contribution < 1.29 is 13.9 Å². The van der Waals surface area contributed by atoms with Crippen LogP contribution in [0.5, 0.6) is 0 Å². The van der Waals surface area contributed by atoms with Gasteiger partial charge in [0, 0.05) is 43.3 Å². The normalized spacial score (nSPS) is 13.6. The maximum Gasteiger partial charge on any atom is 0.272 e. The number of ether oxygens (including phenoxy) is 1. The number of carbonyl (C=O) groups is 1. The quantitative estimate of drug-likeness (QED) is 0.411. The number of amides is 1. The van der Waals surface area contributed by atoms with Crippen molar-refractivity contribution in [1.82, 2.24) is 25.1 Å². The fourth-order valence-corrected chi connectivity index (χ4v) is 4.39. The molecule has 2 aromatic carbocycles. The van der Waals surface area contributed by atoms with E-state index in [0.717, 1.165) is 16.6 Å². The smallest absolute Gasteiger partial charge is 0.272 e. The number of halogens is 1. The summed E-state index contributed by atoms with van der Waals surface area (Å²) in [5.41, 5.74) is 2.61. The van der Waals surface area contributed by atoms with Crippen molar-refractivity contribution in [2.45, 2.75) is 32.5 Å². The summed E-state index contributed by atoms with van der Waals surface area (Å²) in [5.74, 6) is -0.559. The van der Waals surface area contributed by atoms with E-state index in [-0.39, 0.29) is 23.7 Å². The minimum absolute atomic E-state index is 0.0194. The van der Waals surface area contributed by atoms with E-state index in [1.54, 1.807) is 42.5 Å². The third kappa shape index (κ3) is 4.67. The molecule has 184 valence electrons. The summed E-state index contributed by atoms with van der Waals surface area (Å²) in [6.45, 7) is 3.03. The number of benzene rings is 2. The van der Waals surface area contributed by atoms with Gasteiger partial charge in [0.25, 0.3) is 11.5 Å². The zero-order valence-electron chi connectivity index (χ0n) is 19.9. The number of nitrogens with one attached hydrogen (secondary N) is 2. The molecule has 2 aromatic heterocycles. The molecule has 9 nitrogen and oxygen atoms in total. The highest BCUT2D eigenvalue weighted by Crippen LogP contribution is 2.25. The Hall–Kier alpha value is -4.18. The summed E-state index contributed by atoms with van der Waals surface area (Å²) in [4.78, 5) is 35.8. The Balaban J connectivity index is 1.36. The topological polar surface area (TPSA) is 113 Å². The number of carbonyl (C=O) groups excluding carboxylic acids is 1. The van der Waals surface area contributed by atoms with Crippen LogP contribution in [-0.2, 0) is 24.2 Å². The van der Waals surface area contributed by atoms with Crippen LogP contribution in [0.15, 0.2) is 53.5 Å². The van der Waals surface area contributed by atoms with Crippen molar-refractivity contribution in [2.75, 3.05) is 19.0 Å². The number of nitrogens with zero attached hydrogens (tertiary/aromatic N) is 4. The van der Waals surface area contributed by atoms with Crippen molar-refractivity contribution >= 4 is 22.6 Å². The van der Waals surface area contributed by atoms with Gasteiger partial charge in [-0.2, -0.15) is 5.10 Å². The highest BCUT2D eigenvalue weighted by Gasteiger charge is 2.28. The number of H-pyrrole nitrogens is 1. The average Bonchev–Trinajstić information content (AvgIpc) is 3.30. The van der Waals surface area contributed by atoms with Crippen LogP contribution in [0.4, 0.5) is 10.3 Å². The second-order valence-electron chi connectivity index (χ2n) is 8.86. The Morgan fingerprint density at radius 3 is 2.83 bits per heavy atom. The van der Waals surface area contributed by atoms with Gasteiger partial charge in [0.1, 0.15) is 5.82 Å². The van der Waals surface area contributed by atoms with Crippen LogP contribution in [0.1, 0.15) is 39.8 Å². The molecule has 36 heavy (non-hydrogen) atoms. The molecule has 0 saturated heterocycles. The Labute approximate surface area is 206 Å². The SMILES string of the molecule is COC[C@@H](C)Nc1ncc2c(n1)CN(C(=O)c1cc(Cc3n[nH]c(=O)c4ccccc34)ccc1F)C2. The zero-order chi connectivity index (χ0) is 25.2. The molecule has 1 atom stereocenters. The van der Waals surface area contributed by atoms with Gasteiger partial charge in [-0.25, -0.2) is 19.5 Å². The predicted octanol–water partition coefficient (Wildman–Crippen LogP) is 3.05. The van der Waals surface area contributed by atoms with Crippen molar-refractivity contribution in [1.29, 1.82) is 0 Å². The monoisotopic (exact) mass is 488 g/mol. The van der Waals surface area contributed by atoms with E-state index < -0.39 is 11.7 Å². The molecule has 1 aliphatic heterocycles. The second-order valence-corrected chi connectivity index (χ2v) is 8.86. The number of aromatic amines is 1. The lowest BCUT2D eigenvalue weighted by Gasteiger charge is -2.16. The fourth-order valence-electron chi connectivity index (χ4n) is 4.39. The number of aromatic nitrogens is 4. The second kappa shape index (κ2) is 9.82. The molecule has 0 spiro atoms. The minimum atomic E-state index is -0.596. The van der Waals surface area contributed by atoms with Crippen LogP contribution in [0.2, 0.25) is 0 Å². The van der Waals surface area contributed by atoms with E-state index in [2.05, 4.69) is 25.5 Å². The zero-order valence-corrected chi connectivity index (χ0v) is 19.9. The summed E-state index contributed by atoms with van der Waals surface area (Å²) >= 11 is 0. The van der Waals surface area contributed by atoms with E-state index in [9.17, 15) is 14.0 Å². The van der Waals surface area contributed by atoms with E-state index in [4.69, 9.17) is 4.74 Å². The summed E-state index contributed by atoms with van der Waals surface area (Å²) in [6.07, 6.45) is 2.02. The predicted molar refractivity (Wildman–Crippen MR) is 132 cm³/mol. The van der Waals surface area contributed by atoms with Crippen LogP contribution in [0.25, 0.3) is 10.8 Å². The first-order chi connectivity index (χ1) is 17.4. The number of hydrogen-bond donors (Lipinski definition) is 2. The summed E-state index contributed by atoms with van der Waals surface area (Å²) in [7, 11) is 1.62. The van der Waals surface area contributed by atoms with Gasteiger partial charge < -0.3 is 15.0 Å².